The first-order valence-electron chi connectivity index (χ1n) is 6.89. The van der Waals surface area contributed by atoms with Gasteiger partial charge in [0.25, 0.3) is 0 Å². The molecule has 104 valence electrons. The Labute approximate surface area is 108 Å². The number of ether oxygens (including phenoxy) is 1. The highest BCUT2D eigenvalue weighted by Gasteiger charge is 2.35. The van der Waals surface area contributed by atoms with Gasteiger partial charge in [0.05, 0.1) is 25.7 Å². The van der Waals surface area contributed by atoms with Crippen molar-refractivity contribution in [2.45, 2.75) is 38.1 Å². The van der Waals surface area contributed by atoms with Crippen LogP contribution in [0.25, 0.3) is 0 Å². The number of nitrogens with one attached hydrogen (secondary N) is 1. The maximum Gasteiger partial charge on any atom is 0.227 e. The smallest absolute Gasteiger partial charge is 0.227 e. The van der Waals surface area contributed by atoms with Gasteiger partial charge in [-0.2, -0.15) is 0 Å². The fourth-order valence-electron chi connectivity index (χ4n) is 2.94. The fraction of sp³-hybridized carbons (Fsp3) is 0.923. The van der Waals surface area contributed by atoms with Gasteiger partial charge in [-0.25, -0.2) is 0 Å². The van der Waals surface area contributed by atoms with Gasteiger partial charge in [0.15, 0.2) is 0 Å². The maximum absolute atomic E-state index is 12.0. The molecule has 5 heteroatoms. The highest BCUT2D eigenvalue weighted by Crippen LogP contribution is 2.35. The molecule has 1 saturated carbocycles. The Morgan fingerprint density at radius 3 is 2.61 bits per heavy atom. The lowest BCUT2D eigenvalue weighted by Crippen LogP contribution is -2.46. The Morgan fingerprint density at radius 2 is 2.06 bits per heavy atom. The largest absolute Gasteiger partial charge is 0.396 e. The first-order valence-corrected chi connectivity index (χ1v) is 6.89. The van der Waals surface area contributed by atoms with Crippen molar-refractivity contribution < 1.29 is 14.6 Å². The van der Waals surface area contributed by atoms with Gasteiger partial charge in [0.2, 0.25) is 5.91 Å². The van der Waals surface area contributed by atoms with Crippen molar-refractivity contribution in [2.75, 3.05) is 26.4 Å². The molecule has 1 amide bonds. The number of hydrogen-bond acceptors (Lipinski definition) is 4. The summed E-state index contributed by atoms with van der Waals surface area (Å²) in [5.74, 6) is -0.261. The molecule has 18 heavy (non-hydrogen) atoms. The van der Waals surface area contributed by atoms with Crippen LogP contribution in [0.15, 0.2) is 0 Å². The lowest BCUT2D eigenvalue weighted by molar-refractivity contribution is -0.126. The van der Waals surface area contributed by atoms with Crippen LogP contribution in [0.3, 0.4) is 0 Å². The van der Waals surface area contributed by atoms with Crippen LogP contribution in [-0.4, -0.2) is 43.4 Å². The fourth-order valence-corrected chi connectivity index (χ4v) is 2.94. The van der Waals surface area contributed by atoms with E-state index in [0.29, 0.717) is 19.8 Å². The third-order valence-electron chi connectivity index (χ3n) is 4.35. The third-order valence-corrected chi connectivity index (χ3v) is 4.35. The highest BCUT2D eigenvalue weighted by atomic mass is 16.5. The summed E-state index contributed by atoms with van der Waals surface area (Å²) in [7, 11) is 0. The summed E-state index contributed by atoms with van der Waals surface area (Å²) in [6.45, 7) is 1.59. The Bertz CT molecular complexity index is 290. The first kappa shape index (κ1) is 13.8. The summed E-state index contributed by atoms with van der Waals surface area (Å²) in [5.41, 5.74) is 5.71. The quantitative estimate of drug-likeness (QED) is 0.662. The van der Waals surface area contributed by atoms with Crippen LogP contribution < -0.4 is 11.1 Å². The van der Waals surface area contributed by atoms with E-state index in [9.17, 15) is 9.90 Å². The Kier molecular flexibility index (Phi) is 4.59. The Hall–Kier alpha value is -0.650. The van der Waals surface area contributed by atoms with E-state index in [-0.39, 0.29) is 29.9 Å². The van der Waals surface area contributed by atoms with E-state index in [1.165, 1.54) is 6.42 Å². The molecule has 1 saturated heterocycles. The second kappa shape index (κ2) is 5.99. The lowest BCUT2D eigenvalue weighted by Gasteiger charge is -2.36. The molecular formula is C13H24N2O3. The summed E-state index contributed by atoms with van der Waals surface area (Å²) >= 11 is 0. The zero-order valence-corrected chi connectivity index (χ0v) is 10.9. The van der Waals surface area contributed by atoms with Gasteiger partial charge in [-0.3, -0.25) is 4.79 Å². The van der Waals surface area contributed by atoms with Crippen LogP contribution in [0.4, 0.5) is 0 Å². The van der Waals surface area contributed by atoms with Crippen molar-refractivity contribution in [1.29, 1.82) is 0 Å². The number of nitrogens with two attached hydrogens (primary N) is 1. The van der Waals surface area contributed by atoms with Crippen LogP contribution in [0.2, 0.25) is 0 Å². The van der Waals surface area contributed by atoms with Gasteiger partial charge in [-0.05, 0) is 12.8 Å². The van der Waals surface area contributed by atoms with Gasteiger partial charge in [-0.15, -0.1) is 0 Å². The topological polar surface area (TPSA) is 84.6 Å². The number of aliphatic hydroxyl groups excluding tert-OH is 1. The average molecular weight is 256 g/mol. The lowest BCUT2D eigenvalue weighted by atomic mass is 9.74. The molecular weight excluding hydrogens is 232 g/mol. The third kappa shape index (κ3) is 3.02. The molecule has 0 aromatic heterocycles. The minimum Gasteiger partial charge on any atom is -0.396 e. The van der Waals surface area contributed by atoms with Gasteiger partial charge in [0, 0.05) is 18.0 Å². The SMILES string of the molecule is NC1COCC1C(=O)NCC1(CO)CCCCC1. The van der Waals surface area contributed by atoms with Gasteiger partial charge in [-0.1, -0.05) is 19.3 Å². The van der Waals surface area contributed by atoms with Crippen LogP contribution >= 0.6 is 0 Å². The van der Waals surface area contributed by atoms with Crippen molar-refractivity contribution in [3.63, 3.8) is 0 Å². The number of rotatable bonds is 4. The molecule has 0 spiro atoms. The Morgan fingerprint density at radius 1 is 1.33 bits per heavy atom. The van der Waals surface area contributed by atoms with E-state index in [1.807, 2.05) is 0 Å². The summed E-state index contributed by atoms with van der Waals surface area (Å²) in [4.78, 5) is 12.0. The molecule has 5 nitrogen and oxygen atoms in total. The Balaban J connectivity index is 1.83. The molecule has 0 bridgehead atoms. The van der Waals surface area contributed by atoms with E-state index in [1.54, 1.807) is 0 Å². The van der Waals surface area contributed by atoms with Crippen LogP contribution in [-0.2, 0) is 9.53 Å². The van der Waals surface area contributed by atoms with Crippen molar-refractivity contribution in [3.8, 4) is 0 Å². The van der Waals surface area contributed by atoms with E-state index < -0.39 is 0 Å². The molecule has 0 aromatic rings. The molecule has 2 aliphatic rings. The van der Waals surface area contributed by atoms with Crippen molar-refractivity contribution in [2.24, 2.45) is 17.1 Å². The van der Waals surface area contributed by atoms with E-state index >= 15 is 0 Å². The molecule has 1 aliphatic heterocycles. The molecule has 4 N–H and O–H groups in total. The zero-order valence-electron chi connectivity index (χ0n) is 10.9. The molecule has 2 rings (SSSR count). The summed E-state index contributed by atoms with van der Waals surface area (Å²) in [6.07, 6.45) is 5.51. The number of aliphatic hydroxyl groups is 1. The second-order valence-electron chi connectivity index (χ2n) is 5.74. The average Bonchev–Trinajstić information content (AvgIpc) is 2.83. The maximum atomic E-state index is 12.0. The number of hydrogen-bond donors (Lipinski definition) is 3. The van der Waals surface area contributed by atoms with Crippen LogP contribution in [0.1, 0.15) is 32.1 Å². The van der Waals surface area contributed by atoms with Crippen molar-refractivity contribution >= 4 is 5.91 Å². The standard InChI is InChI=1S/C13H24N2O3/c14-11-7-18-6-10(11)12(17)15-8-13(9-16)4-2-1-3-5-13/h10-11,16H,1-9,14H2,(H,15,17). The van der Waals surface area contributed by atoms with Gasteiger partial charge >= 0.3 is 0 Å². The minimum absolute atomic E-state index is 0.0293. The summed E-state index contributed by atoms with van der Waals surface area (Å²) in [5, 5.41) is 12.5. The summed E-state index contributed by atoms with van der Waals surface area (Å²) < 4.78 is 5.20. The normalized spacial score (nSPS) is 31.2. The summed E-state index contributed by atoms with van der Waals surface area (Å²) in [6, 6.07) is -0.193. The number of carbonyl (C=O) groups excluding carboxylic acids is 1. The molecule has 2 atom stereocenters. The second-order valence-corrected chi connectivity index (χ2v) is 5.74. The van der Waals surface area contributed by atoms with E-state index in [0.717, 1.165) is 25.7 Å². The van der Waals surface area contributed by atoms with Crippen molar-refractivity contribution in [1.82, 2.24) is 5.32 Å². The first-order chi connectivity index (χ1) is 8.67. The highest BCUT2D eigenvalue weighted by molar-refractivity contribution is 5.79. The van der Waals surface area contributed by atoms with Crippen molar-refractivity contribution in [3.05, 3.63) is 0 Å². The number of carbonyl (C=O) groups is 1. The molecule has 1 aliphatic carbocycles. The monoisotopic (exact) mass is 256 g/mol. The van der Waals surface area contributed by atoms with E-state index in [2.05, 4.69) is 5.32 Å². The zero-order chi connectivity index (χ0) is 13.0. The molecule has 1 heterocycles. The molecule has 2 fully saturated rings. The van der Waals surface area contributed by atoms with Gasteiger partial charge in [0.1, 0.15) is 0 Å². The molecule has 2 unspecified atom stereocenters. The van der Waals surface area contributed by atoms with E-state index in [4.69, 9.17) is 10.5 Å². The predicted octanol–water partition coefficient (Wildman–Crippen LogP) is 0.0191. The van der Waals surface area contributed by atoms with Gasteiger partial charge < -0.3 is 20.9 Å². The molecule has 0 radical (unpaired) electrons. The van der Waals surface area contributed by atoms with Crippen LogP contribution in [0.5, 0.6) is 0 Å². The number of amides is 1. The molecule has 0 aromatic carbocycles. The minimum atomic E-state index is -0.232. The predicted molar refractivity (Wildman–Crippen MR) is 67.9 cm³/mol. The van der Waals surface area contributed by atoms with Crippen LogP contribution in [0, 0.1) is 11.3 Å².